The van der Waals surface area contributed by atoms with E-state index < -0.39 is 16.1 Å². The summed E-state index contributed by atoms with van der Waals surface area (Å²) in [5, 5.41) is 8.97. The molecule has 0 saturated heterocycles. The maximum atomic E-state index is 12.3. The summed E-state index contributed by atoms with van der Waals surface area (Å²) >= 11 is 5.73. The van der Waals surface area contributed by atoms with Crippen LogP contribution in [0.15, 0.2) is 23.1 Å². The lowest BCUT2D eigenvalue weighted by Gasteiger charge is -2.23. The van der Waals surface area contributed by atoms with Crippen molar-refractivity contribution in [1.82, 2.24) is 4.31 Å². The highest BCUT2D eigenvalue weighted by Gasteiger charge is 2.27. The Morgan fingerprint density at radius 1 is 1.56 bits per heavy atom. The van der Waals surface area contributed by atoms with Crippen LogP contribution in [0.3, 0.4) is 0 Å². The minimum absolute atomic E-state index is 0.000750. The summed E-state index contributed by atoms with van der Waals surface area (Å²) in [5.41, 5.74) is 5.76. The second-order valence-corrected chi connectivity index (χ2v) is 6.32. The fraction of sp³-hybridized carbons (Fsp3) is 0.364. The van der Waals surface area contributed by atoms with E-state index in [0.717, 1.165) is 4.31 Å². The van der Waals surface area contributed by atoms with Crippen LogP contribution in [0.4, 0.5) is 5.69 Å². The van der Waals surface area contributed by atoms with Gasteiger partial charge in [-0.3, -0.25) is 0 Å². The van der Waals surface area contributed by atoms with E-state index in [-0.39, 0.29) is 17.0 Å². The minimum atomic E-state index is -3.71. The van der Waals surface area contributed by atoms with Crippen molar-refractivity contribution in [2.24, 2.45) is 0 Å². The second kappa shape index (κ2) is 5.57. The van der Waals surface area contributed by atoms with Crippen molar-refractivity contribution in [1.29, 1.82) is 5.26 Å². The molecular formula is C11H14ClN3O2S. The number of nitrogen functional groups attached to an aromatic ring is 1. The van der Waals surface area contributed by atoms with Gasteiger partial charge in [-0.15, -0.1) is 0 Å². The molecule has 1 aromatic carbocycles. The Hall–Kier alpha value is -1.29. The molecule has 0 radical (unpaired) electrons. The maximum absolute atomic E-state index is 12.3. The number of sulfonamides is 1. The van der Waals surface area contributed by atoms with E-state index in [1.165, 1.54) is 25.2 Å². The first kappa shape index (κ1) is 14.8. The van der Waals surface area contributed by atoms with Gasteiger partial charge in [0.05, 0.1) is 18.2 Å². The first-order chi connectivity index (χ1) is 8.30. The summed E-state index contributed by atoms with van der Waals surface area (Å²) in [4.78, 5) is -0.000750. The normalized spacial score (nSPS) is 13.3. The molecule has 5 nitrogen and oxygen atoms in total. The molecule has 0 amide bonds. The van der Waals surface area contributed by atoms with Crippen LogP contribution in [-0.2, 0) is 10.0 Å². The number of hydrogen-bond donors (Lipinski definition) is 1. The average molecular weight is 288 g/mol. The summed E-state index contributed by atoms with van der Waals surface area (Å²) in [6.45, 7) is 1.66. The Labute approximate surface area is 112 Å². The van der Waals surface area contributed by atoms with Crippen LogP contribution >= 0.6 is 11.6 Å². The van der Waals surface area contributed by atoms with E-state index in [4.69, 9.17) is 22.6 Å². The molecule has 1 atom stereocenters. The van der Waals surface area contributed by atoms with Gasteiger partial charge in [-0.25, -0.2) is 8.42 Å². The van der Waals surface area contributed by atoms with Crippen LogP contribution in [0, 0.1) is 11.3 Å². The molecule has 0 saturated carbocycles. The third kappa shape index (κ3) is 2.93. The number of nitrogens with zero attached hydrogens (tertiary/aromatic N) is 2. The molecule has 0 aromatic heterocycles. The minimum Gasteiger partial charge on any atom is -0.398 e. The van der Waals surface area contributed by atoms with E-state index in [1.807, 2.05) is 6.07 Å². The van der Waals surface area contributed by atoms with Crippen molar-refractivity contribution in [2.45, 2.75) is 24.3 Å². The highest BCUT2D eigenvalue weighted by Crippen LogP contribution is 2.26. The number of anilines is 1. The number of benzene rings is 1. The predicted molar refractivity (Wildman–Crippen MR) is 70.5 cm³/mol. The Bertz CT molecular complexity index is 580. The third-order valence-electron chi connectivity index (χ3n) is 2.64. The van der Waals surface area contributed by atoms with Crippen molar-refractivity contribution in [3.8, 4) is 6.07 Å². The first-order valence-corrected chi connectivity index (χ1v) is 7.02. The van der Waals surface area contributed by atoms with Crippen LogP contribution in [0.25, 0.3) is 0 Å². The second-order valence-electron chi connectivity index (χ2n) is 3.91. The number of nitriles is 1. The Morgan fingerprint density at radius 3 is 2.67 bits per heavy atom. The van der Waals surface area contributed by atoms with Gasteiger partial charge in [-0.1, -0.05) is 11.6 Å². The molecular weight excluding hydrogens is 274 g/mol. The van der Waals surface area contributed by atoms with Gasteiger partial charge in [0, 0.05) is 18.1 Å². The van der Waals surface area contributed by atoms with Crippen LogP contribution in [0.2, 0.25) is 5.02 Å². The predicted octanol–water partition coefficient (Wildman–Crippen LogP) is 1.84. The Morgan fingerprint density at radius 2 is 2.17 bits per heavy atom. The van der Waals surface area contributed by atoms with E-state index in [2.05, 4.69) is 0 Å². The van der Waals surface area contributed by atoms with Crippen molar-refractivity contribution >= 4 is 27.3 Å². The van der Waals surface area contributed by atoms with E-state index >= 15 is 0 Å². The van der Waals surface area contributed by atoms with Crippen LogP contribution in [-0.4, -0.2) is 25.8 Å². The zero-order valence-electron chi connectivity index (χ0n) is 10.1. The maximum Gasteiger partial charge on any atom is 0.245 e. The molecule has 18 heavy (non-hydrogen) atoms. The summed E-state index contributed by atoms with van der Waals surface area (Å²) in [6.07, 6.45) is 0.114. The van der Waals surface area contributed by atoms with Gasteiger partial charge in [0.25, 0.3) is 0 Å². The lowest BCUT2D eigenvalue weighted by molar-refractivity contribution is 0.393. The first-order valence-electron chi connectivity index (χ1n) is 5.20. The molecule has 0 spiro atoms. The van der Waals surface area contributed by atoms with Gasteiger partial charge in [-0.05, 0) is 25.1 Å². The smallest absolute Gasteiger partial charge is 0.245 e. The number of halogens is 1. The van der Waals surface area contributed by atoms with E-state index in [9.17, 15) is 8.42 Å². The van der Waals surface area contributed by atoms with Crippen molar-refractivity contribution < 1.29 is 8.42 Å². The molecule has 2 N–H and O–H groups in total. The van der Waals surface area contributed by atoms with Gasteiger partial charge in [-0.2, -0.15) is 9.57 Å². The van der Waals surface area contributed by atoms with Gasteiger partial charge < -0.3 is 5.73 Å². The van der Waals surface area contributed by atoms with Crippen molar-refractivity contribution in [3.05, 3.63) is 23.2 Å². The standard InChI is InChI=1S/C11H14ClN3O2S/c1-8(5-6-13)15(2)18(16,17)11-4-3-9(12)7-10(11)14/h3-4,7-8H,5,14H2,1-2H3. The molecule has 0 aliphatic rings. The van der Waals surface area contributed by atoms with Gasteiger partial charge in [0.1, 0.15) is 4.90 Å². The number of nitrogens with two attached hydrogens (primary N) is 1. The number of rotatable bonds is 4. The zero-order valence-corrected chi connectivity index (χ0v) is 11.7. The molecule has 98 valence electrons. The number of hydrogen-bond acceptors (Lipinski definition) is 4. The molecule has 0 fully saturated rings. The molecule has 7 heteroatoms. The van der Waals surface area contributed by atoms with Gasteiger partial charge in [0.15, 0.2) is 0 Å². The largest absolute Gasteiger partial charge is 0.398 e. The van der Waals surface area contributed by atoms with E-state index in [0.29, 0.717) is 5.02 Å². The lowest BCUT2D eigenvalue weighted by atomic mass is 10.3. The van der Waals surface area contributed by atoms with Gasteiger partial charge in [0.2, 0.25) is 10.0 Å². The summed E-state index contributed by atoms with van der Waals surface area (Å²) in [7, 11) is -2.29. The summed E-state index contributed by atoms with van der Waals surface area (Å²) in [6, 6.07) is 5.73. The monoisotopic (exact) mass is 287 g/mol. The molecule has 0 heterocycles. The molecule has 1 rings (SSSR count). The molecule has 1 unspecified atom stereocenters. The molecule has 0 aliphatic carbocycles. The van der Waals surface area contributed by atoms with Crippen molar-refractivity contribution in [2.75, 3.05) is 12.8 Å². The van der Waals surface area contributed by atoms with Crippen LogP contribution in [0.1, 0.15) is 13.3 Å². The topological polar surface area (TPSA) is 87.2 Å². The zero-order chi connectivity index (χ0) is 13.9. The van der Waals surface area contributed by atoms with Crippen LogP contribution < -0.4 is 5.73 Å². The highest BCUT2D eigenvalue weighted by atomic mass is 35.5. The van der Waals surface area contributed by atoms with Crippen molar-refractivity contribution in [3.63, 3.8) is 0 Å². The average Bonchev–Trinajstić information content (AvgIpc) is 2.27. The Kier molecular flexibility index (Phi) is 4.57. The fourth-order valence-corrected chi connectivity index (χ4v) is 3.04. The SMILES string of the molecule is CC(CC#N)N(C)S(=O)(=O)c1ccc(Cl)cc1N. The third-order valence-corrected chi connectivity index (χ3v) is 4.92. The van der Waals surface area contributed by atoms with Crippen LogP contribution in [0.5, 0.6) is 0 Å². The Balaban J connectivity index is 3.18. The van der Waals surface area contributed by atoms with Gasteiger partial charge >= 0.3 is 0 Å². The highest BCUT2D eigenvalue weighted by molar-refractivity contribution is 7.89. The molecule has 1 aromatic rings. The lowest BCUT2D eigenvalue weighted by Crippen LogP contribution is -2.35. The van der Waals surface area contributed by atoms with E-state index in [1.54, 1.807) is 6.92 Å². The molecule has 0 aliphatic heterocycles. The fourth-order valence-electron chi connectivity index (χ4n) is 1.41. The molecule has 0 bridgehead atoms. The quantitative estimate of drug-likeness (QED) is 0.856. The summed E-state index contributed by atoms with van der Waals surface area (Å²) < 4.78 is 25.7. The summed E-state index contributed by atoms with van der Waals surface area (Å²) in [5.74, 6) is 0.